The highest BCUT2D eigenvalue weighted by Crippen LogP contribution is 2.32. The Kier molecular flexibility index (Phi) is 7.99. The summed E-state index contributed by atoms with van der Waals surface area (Å²) in [5.41, 5.74) is 2.48. The second kappa shape index (κ2) is 11.1. The number of halogens is 1. The third-order valence-corrected chi connectivity index (χ3v) is 5.25. The number of aromatic hydroxyl groups is 1. The SMILES string of the molecule is C[C@H](CC/C=C/C(=O)NO)[C@@H](OC(=O)Nc1cccc2ccccc12)c1ccc(O)c(F)c1. The third kappa shape index (κ3) is 6.30. The molecular formula is C25H25FN2O5. The molecule has 0 aromatic heterocycles. The molecule has 2 atom stereocenters. The van der Waals surface area contributed by atoms with E-state index in [2.05, 4.69) is 5.32 Å². The van der Waals surface area contributed by atoms with Gasteiger partial charge in [-0.25, -0.2) is 14.7 Å². The summed E-state index contributed by atoms with van der Waals surface area (Å²) in [6, 6.07) is 16.9. The van der Waals surface area contributed by atoms with Gasteiger partial charge in [0.15, 0.2) is 11.6 Å². The lowest BCUT2D eigenvalue weighted by molar-refractivity contribution is -0.124. The van der Waals surface area contributed by atoms with Gasteiger partial charge in [-0.1, -0.05) is 55.5 Å². The number of hydroxylamine groups is 1. The van der Waals surface area contributed by atoms with Crippen LogP contribution in [0.1, 0.15) is 31.4 Å². The van der Waals surface area contributed by atoms with Crippen LogP contribution in [0.25, 0.3) is 10.8 Å². The topological polar surface area (TPSA) is 108 Å². The van der Waals surface area contributed by atoms with Crippen LogP contribution in [0.15, 0.2) is 72.8 Å². The summed E-state index contributed by atoms with van der Waals surface area (Å²) < 4.78 is 19.7. The van der Waals surface area contributed by atoms with E-state index in [1.165, 1.54) is 23.7 Å². The summed E-state index contributed by atoms with van der Waals surface area (Å²) >= 11 is 0. The van der Waals surface area contributed by atoms with E-state index in [4.69, 9.17) is 9.94 Å². The van der Waals surface area contributed by atoms with Crippen molar-refractivity contribution in [3.63, 3.8) is 0 Å². The van der Waals surface area contributed by atoms with E-state index in [0.29, 0.717) is 24.1 Å². The van der Waals surface area contributed by atoms with Crippen LogP contribution < -0.4 is 10.8 Å². The molecule has 2 amide bonds. The number of allylic oxidation sites excluding steroid dienone is 1. The maximum absolute atomic E-state index is 14.0. The molecule has 0 fully saturated rings. The van der Waals surface area contributed by atoms with Crippen molar-refractivity contribution in [3.8, 4) is 5.75 Å². The maximum atomic E-state index is 14.0. The highest BCUT2D eigenvalue weighted by molar-refractivity contribution is 6.00. The van der Waals surface area contributed by atoms with Gasteiger partial charge in [-0.15, -0.1) is 0 Å². The largest absolute Gasteiger partial charge is 0.505 e. The van der Waals surface area contributed by atoms with Crippen LogP contribution in [0.2, 0.25) is 0 Å². The number of carbonyl (C=O) groups excluding carboxylic acids is 2. The Hall–Kier alpha value is -3.91. The molecule has 3 aromatic carbocycles. The second-order valence-electron chi connectivity index (χ2n) is 7.62. The lowest BCUT2D eigenvalue weighted by Gasteiger charge is -2.25. The van der Waals surface area contributed by atoms with E-state index in [1.54, 1.807) is 12.1 Å². The number of benzene rings is 3. The normalized spacial score (nSPS) is 12.9. The minimum absolute atomic E-state index is 0.256. The lowest BCUT2D eigenvalue weighted by Crippen LogP contribution is -2.22. The number of anilines is 1. The molecule has 0 spiro atoms. The fourth-order valence-corrected chi connectivity index (χ4v) is 3.54. The number of hydrogen-bond donors (Lipinski definition) is 4. The van der Waals surface area contributed by atoms with Gasteiger partial charge in [-0.2, -0.15) is 0 Å². The summed E-state index contributed by atoms with van der Waals surface area (Å²) in [5.74, 6) is -2.22. The van der Waals surface area contributed by atoms with Crippen LogP contribution in [0.3, 0.4) is 0 Å². The number of ether oxygens (including phenoxy) is 1. The first kappa shape index (κ1) is 23.7. The van der Waals surface area contributed by atoms with Crippen molar-refractivity contribution in [2.45, 2.75) is 25.9 Å². The number of carbonyl (C=O) groups is 2. The summed E-state index contributed by atoms with van der Waals surface area (Å²) in [6.45, 7) is 1.83. The van der Waals surface area contributed by atoms with Gasteiger partial charge in [-0.05, 0) is 47.9 Å². The lowest BCUT2D eigenvalue weighted by atomic mass is 9.93. The molecule has 0 heterocycles. The molecular weight excluding hydrogens is 427 g/mol. The number of phenols is 1. The van der Waals surface area contributed by atoms with Crippen LogP contribution in [0.4, 0.5) is 14.9 Å². The zero-order chi connectivity index (χ0) is 23.8. The Morgan fingerprint density at radius 1 is 1.12 bits per heavy atom. The average molecular weight is 452 g/mol. The molecule has 4 N–H and O–H groups in total. The Morgan fingerprint density at radius 3 is 2.64 bits per heavy atom. The number of hydrogen-bond acceptors (Lipinski definition) is 5. The summed E-state index contributed by atoms with van der Waals surface area (Å²) in [6.07, 6.45) is 2.22. The van der Waals surface area contributed by atoms with Crippen molar-refractivity contribution >= 4 is 28.5 Å². The first-order valence-electron chi connectivity index (χ1n) is 10.4. The van der Waals surface area contributed by atoms with Crippen molar-refractivity contribution in [2.75, 3.05) is 5.32 Å². The smallest absolute Gasteiger partial charge is 0.412 e. The van der Waals surface area contributed by atoms with Crippen molar-refractivity contribution in [1.29, 1.82) is 0 Å². The predicted octanol–water partition coefficient (Wildman–Crippen LogP) is 5.45. The Morgan fingerprint density at radius 2 is 1.88 bits per heavy atom. The fraction of sp³-hybridized carbons (Fsp3) is 0.200. The molecule has 0 unspecified atom stereocenters. The molecule has 8 heteroatoms. The van der Waals surface area contributed by atoms with Gasteiger partial charge in [-0.3, -0.25) is 15.3 Å². The van der Waals surface area contributed by atoms with Crippen LogP contribution in [-0.4, -0.2) is 22.3 Å². The van der Waals surface area contributed by atoms with Gasteiger partial charge < -0.3 is 9.84 Å². The van der Waals surface area contributed by atoms with E-state index in [1.807, 2.05) is 43.3 Å². The van der Waals surface area contributed by atoms with Crippen molar-refractivity contribution < 1.29 is 29.0 Å². The maximum Gasteiger partial charge on any atom is 0.412 e. The zero-order valence-electron chi connectivity index (χ0n) is 18.0. The predicted molar refractivity (Wildman–Crippen MR) is 122 cm³/mol. The molecule has 7 nitrogen and oxygen atoms in total. The minimum Gasteiger partial charge on any atom is -0.505 e. The van der Waals surface area contributed by atoms with Gasteiger partial charge >= 0.3 is 6.09 Å². The second-order valence-corrected chi connectivity index (χ2v) is 7.62. The first-order valence-corrected chi connectivity index (χ1v) is 10.4. The molecule has 0 radical (unpaired) electrons. The molecule has 0 aliphatic carbocycles. The van der Waals surface area contributed by atoms with E-state index in [0.717, 1.165) is 16.8 Å². The molecule has 33 heavy (non-hydrogen) atoms. The van der Waals surface area contributed by atoms with Crippen molar-refractivity contribution in [2.24, 2.45) is 5.92 Å². The van der Waals surface area contributed by atoms with Crippen LogP contribution in [0.5, 0.6) is 5.75 Å². The van der Waals surface area contributed by atoms with Crippen molar-refractivity contribution in [3.05, 3.63) is 84.2 Å². The van der Waals surface area contributed by atoms with E-state index >= 15 is 0 Å². The van der Waals surface area contributed by atoms with Crippen LogP contribution >= 0.6 is 0 Å². The first-order chi connectivity index (χ1) is 15.9. The van der Waals surface area contributed by atoms with Crippen LogP contribution in [-0.2, 0) is 9.53 Å². The van der Waals surface area contributed by atoms with Crippen LogP contribution in [0, 0.1) is 11.7 Å². The van der Waals surface area contributed by atoms with E-state index in [9.17, 15) is 19.1 Å². The number of fused-ring (bicyclic) bond motifs is 1. The quantitative estimate of drug-likeness (QED) is 0.206. The van der Waals surface area contributed by atoms with Gasteiger partial charge in [0.05, 0.1) is 5.69 Å². The van der Waals surface area contributed by atoms with Gasteiger partial charge in [0.25, 0.3) is 5.91 Å². The molecule has 0 aliphatic rings. The summed E-state index contributed by atoms with van der Waals surface area (Å²) in [7, 11) is 0. The third-order valence-electron chi connectivity index (χ3n) is 5.25. The highest BCUT2D eigenvalue weighted by atomic mass is 19.1. The Labute approximate surface area is 190 Å². The zero-order valence-corrected chi connectivity index (χ0v) is 18.0. The van der Waals surface area contributed by atoms with Gasteiger partial charge in [0.2, 0.25) is 0 Å². The summed E-state index contributed by atoms with van der Waals surface area (Å²) in [4.78, 5) is 23.9. The number of rotatable bonds is 8. The fourth-order valence-electron chi connectivity index (χ4n) is 3.54. The molecule has 3 aromatic rings. The molecule has 172 valence electrons. The highest BCUT2D eigenvalue weighted by Gasteiger charge is 2.25. The minimum atomic E-state index is -0.817. The monoisotopic (exact) mass is 452 g/mol. The van der Waals surface area contributed by atoms with Gasteiger partial charge in [0, 0.05) is 11.5 Å². The Bertz CT molecular complexity index is 1160. The Balaban J connectivity index is 1.78. The molecule has 3 rings (SSSR count). The van der Waals surface area contributed by atoms with E-state index in [-0.39, 0.29) is 5.92 Å². The van der Waals surface area contributed by atoms with Crippen molar-refractivity contribution in [1.82, 2.24) is 5.48 Å². The molecule has 0 saturated heterocycles. The number of phenolic OH excluding ortho intramolecular Hbond substituents is 1. The number of nitrogens with one attached hydrogen (secondary N) is 2. The molecule has 0 aliphatic heterocycles. The number of amides is 2. The van der Waals surface area contributed by atoms with Gasteiger partial charge in [0.1, 0.15) is 6.10 Å². The van der Waals surface area contributed by atoms with E-state index < -0.39 is 29.7 Å². The molecule has 0 bridgehead atoms. The molecule has 0 saturated carbocycles. The standard InChI is InChI=1S/C25H25FN2O5/c1-16(7-2-5-12-23(30)28-32)24(18-13-14-22(29)20(26)15-18)33-25(31)27-21-11-6-9-17-8-3-4-10-19(17)21/h3-6,8-16,24,29,32H,2,7H2,1H3,(H,27,31)(H,28,30)/b12-5+/t16-,24-/m1/s1. The summed E-state index contributed by atoms with van der Waals surface area (Å²) in [5, 5.41) is 22.6. The average Bonchev–Trinajstić information content (AvgIpc) is 2.82.